The summed E-state index contributed by atoms with van der Waals surface area (Å²) in [5.41, 5.74) is 5.15. The topological polar surface area (TPSA) is 41.1 Å². The van der Waals surface area contributed by atoms with E-state index < -0.39 is 0 Å². The lowest BCUT2D eigenvalue weighted by Gasteiger charge is -2.31. The van der Waals surface area contributed by atoms with Crippen molar-refractivity contribution in [1.82, 2.24) is 9.97 Å². The summed E-state index contributed by atoms with van der Waals surface area (Å²) in [5, 5.41) is 3.63. The van der Waals surface area contributed by atoms with Crippen LogP contribution in [0.3, 0.4) is 0 Å². The van der Waals surface area contributed by atoms with E-state index in [2.05, 4.69) is 41.4 Å². The van der Waals surface area contributed by atoms with Gasteiger partial charge in [0.15, 0.2) is 0 Å². The van der Waals surface area contributed by atoms with E-state index in [1.165, 1.54) is 61.8 Å². The molecule has 2 aliphatic heterocycles. The first-order valence-corrected chi connectivity index (χ1v) is 12.5. The van der Waals surface area contributed by atoms with E-state index in [-0.39, 0.29) is 0 Å². The fourth-order valence-corrected chi connectivity index (χ4v) is 6.11. The normalized spacial score (nSPS) is 22.5. The molecule has 154 valence electrons. The largest absolute Gasteiger partial charge is 0.340 e. The Morgan fingerprint density at radius 1 is 0.966 bits per heavy atom. The Morgan fingerprint density at radius 3 is 2.59 bits per heavy atom. The Bertz CT molecular complexity index is 845. The molecule has 5 heteroatoms. The van der Waals surface area contributed by atoms with Gasteiger partial charge in [0, 0.05) is 35.8 Å². The number of anilines is 3. The van der Waals surface area contributed by atoms with E-state index in [1.807, 2.05) is 11.8 Å². The van der Waals surface area contributed by atoms with Gasteiger partial charge in [-0.3, -0.25) is 0 Å². The van der Waals surface area contributed by atoms with Crippen molar-refractivity contribution in [3.63, 3.8) is 0 Å². The molecule has 4 nitrogen and oxygen atoms in total. The lowest BCUT2D eigenvalue weighted by molar-refractivity contribution is 0.442. The van der Waals surface area contributed by atoms with Crippen molar-refractivity contribution in [2.45, 2.75) is 69.3 Å². The molecule has 2 aromatic rings. The number of piperidine rings is 1. The van der Waals surface area contributed by atoms with Crippen molar-refractivity contribution >= 4 is 29.2 Å². The molecule has 0 spiro atoms. The lowest BCUT2D eigenvalue weighted by Crippen LogP contribution is -2.35. The van der Waals surface area contributed by atoms with E-state index in [1.54, 1.807) is 0 Å². The number of benzene rings is 1. The molecule has 0 amide bonds. The average molecular weight is 409 g/mol. The molecule has 3 heterocycles. The monoisotopic (exact) mass is 408 g/mol. The lowest BCUT2D eigenvalue weighted by atomic mass is 9.84. The molecule has 1 aliphatic carbocycles. The maximum absolute atomic E-state index is 5.00. The van der Waals surface area contributed by atoms with E-state index in [9.17, 15) is 0 Å². The minimum atomic E-state index is 0.721. The number of nitrogens with zero attached hydrogens (tertiary/aromatic N) is 3. The Kier molecular flexibility index (Phi) is 5.67. The smallest absolute Gasteiger partial charge is 0.227 e. The SMILES string of the molecule is C[C@H]1CCCN(c2nc3c(c(Nc4ccc(C5CCCCC5)cc4)n2)CSC3)C1. The van der Waals surface area contributed by atoms with Gasteiger partial charge in [0.05, 0.1) is 5.69 Å². The Labute approximate surface area is 178 Å². The van der Waals surface area contributed by atoms with Crippen molar-refractivity contribution in [1.29, 1.82) is 0 Å². The minimum Gasteiger partial charge on any atom is -0.340 e. The molecule has 1 aromatic carbocycles. The molecule has 1 N–H and O–H groups in total. The summed E-state index contributed by atoms with van der Waals surface area (Å²) < 4.78 is 0. The zero-order valence-corrected chi connectivity index (χ0v) is 18.3. The molecule has 1 saturated heterocycles. The van der Waals surface area contributed by atoms with Crippen molar-refractivity contribution in [2.24, 2.45) is 5.92 Å². The number of fused-ring (bicyclic) bond motifs is 1. The molecular weight excluding hydrogens is 376 g/mol. The predicted octanol–water partition coefficient (Wildman–Crippen LogP) is 6.25. The van der Waals surface area contributed by atoms with Gasteiger partial charge >= 0.3 is 0 Å². The zero-order valence-electron chi connectivity index (χ0n) is 17.5. The van der Waals surface area contributed by atoms with Crippen LogP contribution in [0.25, 0.3) is 0 Å². The van der Waals surface area contributed by atoms with Crippen LogP contribution < -0.4 is 10.2 Å². The molecule has 2 fully saturated rings. The van der Waals surface area contributed by atoms with Crippen LogP contribution in [0.2, 0.25) is 0 Å². The van der Waals surface area contributed by atoms with Gasteiger partial charge in [-0.1, -0.05) is 38.3 Å². The molecule has 1 atom stereocenters. The van der Waals surface area contributed by atoms with Gasteiger partial charge in [-0.05, 0) is 55.2 Å². The van der Waals surface area contributed by atoms with Crippen LogP contribution in [-0.2, 0) is 11.5 Å². The third kappa shape index (κ3) is 4.25. The number of thioether (sulfide) groups is 1. The van der Waals surface area contributed by atoms with Crippen LogP contribution in [0.4, 0.5) is 17.5 Å². The molecule has 0 bridgehead atoms. The standard InChI is InChI=1S/C24H32N4S/c1-17-6-5-13-28(14-17)24-26-22-16-29-15-21(22)23(27-24)25-20-11-9-19(10-12-20)18-7-3-2-4-8-18/h9-12,17-18H,2-8,13-16H2,1H3,(H,25,26,27)/t17-/m0/s1. The molecule has 0 radical (unpaired) electrons. The maximum atomic E-state index is 5.00. The van der Waals surface area contributed by atoms with Crippen LogP contribution in [-0.4, -0.2) is 23.1 Å². The number of hydrogen-bond donors (Lipinski definition) is 1. The van der Waals surface area contributed by atoms with Crippen molar-refractivity contribution in [3.05, 3.63) is 41.1 Å². The van der Waals surface area contributed by atoms with Crippen LogP contribution in [0.15, 0.2) is 24.3 Å². The number of aromatic nitrogens is 2. The van der Waals surface area contributed by atoms with Crippen LogP contribution in [0.5, 0.6) is 0 Å². The second-order valence-corrected chi connectivity index (χ2v) is 10.1. The van der Waals surface area contributed by atoms with Crippen LogP contribution in [0, 0.1) is 5.92 Å². The van der Waals surface area contributed by atoms with Gasteiger partial charge in [0.2, 0.25) is 5.95 Å². The summed E-state index contributed by atoms with van der Waals surface area (Å²) in [6.07, 6.45) is 9.42. The zero-order chi connectivity index (χ0) is 19.6. The van der Waals surface area contributed by atoms with E-state index >= 15 is 0 Å². The highest BCUT2D eigenvalue weighted by Crippen LogP contribution is 2.37. The number of hydrogen-bond acceptors (Lipinski definition) is 5. The highest BCUT2D eigenvalue weighted by atomic mass is 32.2. The Morgan fingerprint density at radius 2 is 1.79 bits per heavy atom. The van der Waals surface area contributed by atoms with Gasteiger partial charge in [-0.15, -0.1) is 0 Å². The summed E-state index contributed by atoms with van der Waals surface area (Å²) in [4.78, 5) is 12.3. The summed E-state index contributed by atoms with van der Waals surface area (Å²) >= 11 is 1.94. The van der Waals surface area contributed by atoms with Gasteiger partial charge in [-0.25, -0.2) is 4.98 Å². The second-order valence-electron chi connectivity index (χ2n) is 9.07. The molecule has 0 unspecified atom stereocenters. The summed E-state index contributed by atoms with van der Waals surface area (Å²) in [5.74, 6) is 5.42. The van der Waals surface area contributed by atoms with Gasteiger partial charge in [0.25, 0.3) is 0 Å². The molecule has 3 aliphatic rings. The summed E-state index contributed by atoms with van der Waals surface area (Å²) in [6.45, 7) is 4.48. The van der Waals surface area contributed by atoms with E-state index in [4.69, 9.17) is 9.97 Å². The summed E-state index contributed by atoms with van der Waals surface area (Å²) in [7, 11) is 0. The number of nitrogens with one attached hydrogen (secondary N) is 1. The van der Waals surface area contributed by atoms with Gasteiger partial charge in [-0.2, -0.15) is 16.7 Å². The highest BCUT2D eigenvalue weighted by Gasteiger charge is 2.24. The van der Waals surface area contributed by atoms with Gasteiger partial charge in [0.1, 0.15) is 5.82 Å². The Hall–Kier alpha value is -1.75. The van der Waals surface area contributed by atoms with Gasteiger partial charge < -0.3 is 10.2 Å². The average Bonchev–Trinajstić information content (AvgIpc) is 3.24. The van der Waals surface area contributed by atoms with Crippen molar-refractivity contribution < 1.29 is 0 Å². The Balaban J connectivity index is 1.37. The van der Waals surface area contributed by atoms with Crippen LogP contribution in [0.1, 0.15) is 74.6 Å². The summed E-state index contributed by atoms with van der Waals surface area (Å²) in [6, 6.07) is 9.12. The van der Waals surface area contributed by atoms with E-state index in [0.29, 0.717) is 0 Å². The van der Waals surface area contributed by atoms with Crippen LogP contribution >= 0.6 is 11.8 Å². The number of rotatable bonds is 4. The first-order valence-electron chi connectivity index (χ1n) is 11.4. The maximum Gasteiger partial charge on any atom is 0.227 e. The first-order chi connectivity index (χ1) is 14.3. The molecule has 1 saturated carbocycles. The van der Waals surface area contributed by atoms with Crippen molar-refractivity contribution in [2.75, 3.05) is 23.3 Å². The second kappa shape index (κ2) is 8.55. The predicted molar refractivity (Wildman–Crippen MR) is 123 cm³/mol. The third-order valence-corrected chi connectivity index (χ3v) is 7.73. The quantitative estimate of drug-likeness (QED) is 0.647. The molecule has 1 aromatic heterocycles. The van der Waals surface area contributed by atoms with Crippen molar-refractivity contribution in [3.8, 4) is 0 Å². The minimum absolute atomic E-state index is 0.721. The first kappa shape index (κ1) is 19.2. The van der Waals surface area contributed by atoms with E-state index in [0.717, 1.165) is 53.9 Å². The molecule has 5 rings (SSSR count). The fourth-order valence-electron chi connectivity index (χ4n) is 5.07. The fraction of sp³-hybridized carbons (Fsp3) is 0.583. The molecule has 29 heavy (non-hydrogen) atoms. The molecular formula is C24H32N4S. The highest BCUT2D eigenvalue weighted by molar-refractivity contribution is 7.98. The third-order valence-electron chi connectivity index (χ3n) is 6.76.